The summed E-state index contributed by atoms with van der Waals surface area (Å²) in [6.07, 6.45) is 1.56. The first-order valence-corrected chi connectivity index (χ1v) is 10.2. The van der Waals surface area contributed by atoms with Gasteiger partial charge in [0.05, 0.1) is 10.7 Å². The fraction of sp³-hybridized carbons (Fsp3) is 0.647. The van der Waals surface area contributed by atoms with Gasteiger partial charge in [0, 0.05) is 13.1 Å². The number of guanidine groups is 1. The number of aryl methyl sites for hydroxylation is 2. The van der Waals surface area contributed by atoms with Gasteiger partial charge in [0.2, 0.25) is 5.91 Å². The number of amides is 2. The van der Waals surface area contributed by atoms with Gasteiger partial charge in [0.25, 0.3) is 11.9 Å². The number of nitrogens with one attached hydrogen (secondary N) is 5. The predicted octanol–water partition coefficient (Wildman–Crippen LogP) is 1.11. The van der Waals surface area contributed by atoms with E-state index in [9.17, 15) is 19.7 Å². The number of hydrogen-bond acceptors (Lipinski definition) is 7. The molecular weight excluding hydrogens is 398 g/mol. The Kier molecular flexibility index (Phi) is 10.00. The first-order valence-electron chi connectivity index (χ1n) is 9.36. The molecule has 5 N–H and O–H groups in total. The van der Waals surface area contributed by atoms with Crippen LogP contribution in [0.1, 0.15) is 53.5 Å². The minimum Gasteiger partial charge on any atom is -0.354 e. The monoisotopic (exact) mass is 427 g/mol. The molecule has 162 valence electrons. The van der Waals surface area contributed by atoms with Crippen LogP contribution in [0, 0.1) is 35.3 Å². The molecule has 1 atom stereocenters. The standard InChI is InChI=1S/C17H29N7O4S/c1-10(2)7-9-19-15(25)13(6-5-8-20-17(18)23-24(27)28)22-16(26)14-11(3)21-12(4)29-14/h10,13H,5-9H2,1-4H3,(H,19,25)(H,22,26)(H3,18,20,23)/t13-/m0/s1. The van der Waals surface area contributed by atoms with Crippen molar-refractivity contribution in [1.29, 1.82) is 5.41 Å². The minimum absolute atomic E-state index is 0.240. The third-order valence-corrected chi connectivity index (χ3v) is 5.00. The van der Waals surface area contributed by atoms with E-state index in [-0.39, 0.29) is 18.4 Å². The highest BCUT2D eigenvalue weighted by atomic mass is 32.1. The van der Waals surface area contributed by atoms with E-state index in [0.717, 1.165) is 11.4 Å². The van der Waals surface area contributed by atoms with Crippen LogP contribution >= 0.6 is 11.3 Å². The third-order valence-electron chi connectivity index (χ3n) is 3.93. The molecule has 1 rings (SSSR count). The van der Waals surface area contributed by atoms with Gasteiger partial charge in [-0.1, -0.05) is 19.3 Å². The van der Waals surface area contributed by atoms with Gasteiger partial charge in [-0.2, -0.15) is 0 Å². The molecule has 0 aliphatic rings. The summed E-state index contributed by atoms with van der Waals surface area (Å²) in [4.78, 5) is 40.1. The summed E-state index contributed by atoms with van der Waals surface area (Å²) < 4.78 is 0. The lowest BCUT2D eigenvalue weighted by atomic mass is 10.1. The van der Waals surface area contributed by atoms with Gasteiger partial charge in [-0.3, -0.25) is 15.0 Å². The molecule has 0 aliphatic carbocycles. The van der Waals surface area contributed by atoms with E-state index >= 15 is 0 Å². The molecule has 2 amide bonds. The van der Waals surface area contributed by atoms with Crippen molar-refractivity contribution >= 4 is 29.1 Å². The van der Waals surface area contributed by atoms with Crippen molar-refractivity contribution in [3.63, 3.8) is 0 Å². The topological polar surface area (TPSA) is 162 Å². The van der Waals surface area contributed by atoms with Crippen molar-refractivity contribution in [3.05, 3.63) is 25.7 Å². The summed E-state index contributed by atoms with van der Waals surface area (Å²) >= 11 is 1.27. The highest BCUT2D eigenvalue weighted by molar-refractivity contribution is 7.13. The number of thiazole rings is 1. The van der Waals surface area contributed by atoms with Crippen LogP contribution in [-0.2, 0) is 4.79 Å². The van der Waals surface area contributed by atoms with Gasteiger partial charge in [0.15, 0.2) is 5.03 Å². The van der Waals surface area contributed by atoms with Crippen LogP contribution in [0.3, 0.4) is 0 Å². The van der Waals surface area contributed by atoms with Crippen molar-refractivity contribution in [2.45, 2.75) is 53.0 Å². The van der Waals surface area contributed by atoms with Gasteiger partial charge >= 0.3 is 0 Å². The Bertz CT molecular complexity index is 735. The van der Waals surface area contributed by atoms with Crippen molar-refractivity contribution in [3.8, 4) is 0 Å². The van der Waals surface area contributed by atoms with Crippen molar-refractivity contribution in [2.75, 3.05) is 13.1 Å². The largest absolute Gasteiger partial charge is 0.354 e. The lowest BCUT2D eigenvalue weighted by molar-refractivity contribution is -0.525. The molecule has 0 fully saturated rings. The molecule has 0 unspecified atom stereocenters. The van der Waals surface area contributed by atoms with E-state index in [1.807, 2.05) is 6.92 Å². The van der Waals surface area contributed by atoms with Crippen molar-refractivity contribution in [2.24, 2.45) is 5.92 Å². The maximum Gasteiger partial charge on any atom is 0.263 e. The molecule has 0 radical (unpaired) electrons. The van der Waals surface area contributed by atoms with Crippen LogP contribution in [0.4, 0.5) is 0 Å². The summed E-state index contributed by atoms with van der Waals surface area (Å²) in [5.74, 6) is -0.632. The lowest BCUT2D eigenvalue weighted by Crippen LogP contribution is -2.47. The van der Waals surface area contributed by atoms with Gasteiger partial charge in [-0.15, -0.1) is 11.3 Å². The minimum atomic E-state index is -0.833. The molecule has 1 aromatic rings. The molecule has 0 saturated heterocycles. The summed E-state index contributed by atoms with van der Waals surface area (Å²) in [7, 11) is 0. The van der Waals surface area contributed by atoms with E-state index < -0.39 is 17.0 Å². The maximum absolute atomic E-state index is 12.6. The zero-order chi connectivity index (χ0) is 22.0. The Balaban J connectivity index is 2.66. The highest BCUT2D eigenvalue weighted by Gasteiger charge is 2.23. The van der Waals surface area contributed by atoms with Crippen LogP contribution in [0.2, 0.25) is 0 Å². The number of nitrogens with zero attached hydrogens (tertiary/aromatic N) is 2. The zero-order valence-electron chi connectivity index (χ0n) is 17.1. The molecule has 11 nitrogen and oxygen atoms in total. The Morgan fingerprint density at radius 3 is 2.45 bits per heavy atom. The van der Waals surface area contributed by atoms with Crippen molar-refractivity contribution < 1.29 is 14.6 Å². The Labute approximate surface area is 173 Å². The Hall–Kier alpha value is -2.76. The summed E-state index contributed by atoms with van der Waals surface area (Å²) in [5, 5.41) is 25.7. The van der Waals surface area contributed by atoms with Crippen LogP contribution in [0.25, 0.3) is 0 Å². The average molecular weight is 428 g/mol. The molecule has 0 aliphatic heterocycles. The Morgan fingerprint density at radius 2 is 1.90 bits per heavy atom. The second-order valence-corrected chi connectivity index (χ2v) is 8.16. The zero-order valence-corrected chi connectivity index (χ0v) is 17.9. The molecule has 0 bridgehead atoms. The second-order valence-electron chi connectivity index (χ2n) is 6.96. The predicted molar refractivity (Wildman–Crippen MR) is 110 cm³/mol. The first kappa shape index (κ1) is 24.3. The summed E-state index contributed by atoms with van der Waals surface area (Å²) in [6.45, 7) is 8.42. The molecular formula is C17H29N7O4S. The van der Waals surface area contributed by atoms with Crippen LogP contribution in [0.5, 0.6) is 0 Å². The molecule has 12 heteroatoms. The van der Waals surface area contributed by atoms with Gasteiger partial charge in [0.1, 0.15) is 10.9 Å². The van der Waals surface area contributed by atoms with E-state index in [2.05, 4.69) is 34.8 Å². The molecule has 1 aromatic heterocycles. The molecule has 0 aromatic carbocycles. The molecule has 29 heavy (non-hydrogen) atoms. The number of rotatable bonds is 11. The smallest absolute Gasteiger partial charge is 0.263 e. The van der Waals surface area contributed by atoms with Crippen LogP contribution in [0.15, 0.2) is 0 Å². The third kappa shape index (κ3) is 9.32. The summed E-state index contributed by atoms with van der Waals surface area (Å²) in [5.41, 5.74) is 2.31. The summed E-state index contributed by atoms with van der Waals surface area (Å²) in [6, 6.07) is -0.754. The van der Waals surface area contributed by atoms with E-state index in [0.29, 0.717) is 35.9 Å². The highest BCUT2D eigenvalue weighted by Crippen LogP contribution is 2.17. The lowest BCUT2D eigenvalue weighted by Gasteiger charge is -2.19. The fourth-order valence-corrected chi connectivity index (χ4v) is 3.32. The number of aromatic nitrogens is 1. The maximum atomic E-state index is 12.6. The number of hydrogen-bond donors (Lipinski definition) is 5. The molecule has 1 heterocycles. The van der Waals surface area contributed by atoms with Gasteiger partial charge in [-0.05, 0) is 39.0 Å². The average Bonchev–Trinajstić information content (AvgIpc) is 2.94. The van der Waals surface area contributed by atoms with Crippen LogP contribution in [-0.4, -0.2) is 46.9 Å². The van der Waals surface area contributed by atoms with Crippen molar-refractivity contribution in [1.82, 2.24) is 26.4 Å². The SMILES string of the molecule is Cc1nc(C)c(C(=O)N[C@@H](CCCNC(=N)N[N+](=O)[O-])C(=O)NCCC(C)C)s1. The number of carbonyl (C=O) groups excluding carboxylic acids is 2. The molecule has 0 spiro atoms. The fourth-order valence-electron chi connectivity index (χ4n) is 2.49. The van der Waals surface area contributed by atoms with Gasteiger partial charge < -0.3 is 16.0 Å². The van der Waals surface area contributed by atoms with Crippen LogP contribution < -0.4 is 21.4 Å². The number of carbonyl (C=O) groups is 2. The van der Waals surface area contributed by atoms with Gasteiger partial charge in [-0.25, -0.2) is 15.1 Å². The van der Waals surface area contributed by atoms with E-state index in [1.54, 1.807) is 12.3 Å². The quantitative estimate of drug-likeness (QED) is 0.116. The normalized spacial score (nSPS) is 11.6. The first-order chi connectivity index (χ1) is 13.6. The number of hydrazine groups is 1. The van der Waals surface area contributed by atoms with E-state index in [4.69, 9.17) is 5.41 Å². The second kappa shape index (κ2) is 11.9. The Morgan fingerprint density at radius 1 is 1.21 bits per heavy atom. The molecule has 0 saturated carbocycles. The van der Waals surface area contributed by atoms with E-state index in [1.165, 1.54) is 11.3 Å². The number of nitro groups is 1.